The highest BCUT2D eigenvalue weighted by atomic mass is 16.7. The van der Waals surface area contributed by atoms with Gasteiger partial charge >= 0.3 is 5.97 Å². The zero-order valence-corrected chi connectivity index (χ0v) is 12.1. The molecule has 1 heterocycles. The molecule has 0 spiro atoms. The minimum atomic E-state index is -1.66. The number of hydrogen-bond acceptors (Lipinski definition) is 5. The molecule has 3 N–H and O–H groups in total. The van der Waals surface area contributed by atoms with E-state index in [-0.39, 0.29) is 11.8 Å². The van der Waals surface area contributed by atoms with Crippen LogP contribution >= 0.6 is 0 Å². The summed E-state index contributed by atoms with van der Waals surface area (Å²) in [6.45, 7) is 5.45. The molecule has 0 amide bonds. The lowest BCUT2D eigenvalue weighted by Crippen LogP contribution is -2.60. The van der Waals surface area contributed by atoms with Gasteiger partial charge in [0.25, 0.3) is 0 Å². The Labute approximate surface area is 118 Å². The van der Waals surface area contributed by atoms with Gasteiger partial charge < -0.3 is 20.1 Å². The molecule has 0 bridgehead atoms. The van der Waals surface area contributed by atoms with E-state index in [1.54, 1.807) is 6.92 Å². The summed E-state index contributed by atoms with van der Waals surface area (Å²) in [4.78, 5) is 11.7. The maximum Gasteiger partial charge on any atom is 0.336 e. The number of fused-ring (bicyclic) bond motifs is 2. The first kappa shape index (κ1) is 14.0. The van der Waals surface area contributed by atoms with E-state index in [1.807, 2.05) is 13.8 Å². The number of carbonyl (C=O) groups excluding carboxylic acids is 1. The largest absolute Gasteiger partial charge is 0.426 e. The molecular formula is C15H22O5. The van der Waals surface area contributed by atoms with Gasteiger partial charge in [0.15, 0.2) is 0 Å². The quantitative estimate of drug-likeness (QED) is 0.570. The van der Waals surface area contributed by atoms with Crippen molar-refractivity contribution in [3.63, 3.8) is 0 Å². The highest BCUT2D eigenvalue weighted by Gasteiger charge is 2.63. The molecule has 1 aliphatic heterocycles. The third kappa shape index (κ3) is 1.51. The Kier molecular flexibility index (Phi) is 2.85. The minimum Gasteiger partial charge on any atom is -0.426 e. The first-order valence-corrected chi connectivity index (χ1v) is 7.25. The van der Waals surface area contributed by atoms with Crippen molar-refractivity contribution >= 4 is 5.97 Å². The van der Waals surface area contributed by atoms with E-state index in [9.17, 15) is 20.1 Å². The minimum absolute atomic E-state index is 0.0170. The van der Waals surface area contributed by atoms with E-state index >= 15 is 0 Å². The van der Waals surface area contributed by atoms with E-state index in [4.69, 9.17) is 4.74 Å². The second-order valence-electron chi connectivity index (χ2n) is 6.82. The number of aliphatic hydroxyl groups is 3. The monoisotopic (exact) mass is 282 g/mol. The summed E-state index contributed by atoms with van der Waals surface area (Å²) in [5.41, 5.74) is 0.0446. The number of rotatable bonds is 0. The van der Waals surface area contributed by atoms with Gasteiger partial charge in [0.2, 0.25) is 5.79 Å². The molecule has 5 heteroatoms. The average Bonchev–Trinajstić information content (AvgIpc) is 2.60. The van der Waals surface area contributed by atoms with Crippen LogP contribution in [0.15, 0.2) is 11.1 Å². The Hall–Kier alpha value is -0.910. The average molecular weight is 282 g/mol. The second kappa shape index (κ2) is 4.06. The number of esters is 1. The summed E-state index contributed by atoms with van der Waals surface area (Å²) in [7, 11) is 0. The van der Waals surface area contributed by atoms with Gasteiger partial charge in [0.05, 0.1) is 12.2 Å². The first-order chi connectivity index (χ1) is 9.21. The number of aliphatic hydroxyl groups excluding tert-OH is 2. The summed E-state index contributed by atoms with van der Waals surface area (Å²) in [6, 6.07) is 0. The summed E-state index contributed by atoms with van der Waals surface area (Å²) < 4.78 is 5.11. The van der Waals surface area contributed by atoms with E-state index in [0.717, 1.165) is 0 Å². The number of hydrogen-bond donors (Lipinski definition) is 3. The smallest absolute Gasteiger partial charge is 0.336 e. The molecule has 0 aromatic heterocycles. The van der Waals surface area contributed by atoms with Crippen molar-refractivity contribution in [2.45, 2.75) is 58.0 Å². The van der Waals surface area contributed by atoms with E-state index < -0.39 is 29.4 Å². The summed E-state index contributed by atoms with van der Waals surface area (Å²) in [6.07, 6.45) is 0.232. The van der Waals surface area contributed by atoms with Gasteiger partial charge in [-0.2, -0.15) is 0 Å². The molecule has 5 nitrogen and oxygen atoms in total. The van der Waals surface area contributed by atoms with Gasteiger partial charge in [-0.3, -0.25) is 0 Å². The fourth-order valence-electron chi connectivity index (χ4n) is 4.42. The number of carbonyl (C=O) groups is 1. The predicted molar refractivity (Wildman–Crippen MR) is 70.4 cm³/mol. The van der Waals surface area contributed by atoms with E-state index in [1.165, 1.54) is 0 Å². The van der Waals surface area contributed by atoms with Gasteiger partial charge in [-0.15, -0.1) is 0 Å². The Balaban J connectivity index is 2.10. The van der Waals surface area contributed by atoms with Crippen molar-refractivity contribution in [2.24, 2.45) is 17.3 Å². The van der Waals surface area contributed by atoms with Crippen LogP contribution in [0.5, 0.6) is 0 Å². The Bertz CT molecular complexity index is 498. The Morgan fingerprint density at radius 3 is 2.60 bits per heavy atom. The van der Waals surface area contributed by atoms with Gasteiger partial charge in [-0.1, -0.05) is 13.8 Å². The van der Waals surface area contributed by atoms with Crippen molar-refractivity contribution in [3.8, 4) is 0 Å². The molecule has 3 aliphatic rings. The lowest BCUT2D eigenvalue weighted by molar-refractivity contribution is -0.228. The van der Waals surface area contributed by atoms with Crippen LogP contribution in [0, 0.1) is 17.3 Å². The third-order valence-corrected chi connectivity index (χ3v) is 6.03. The highest BCUT2D eigenvalue weighted by molar-refractivity contribution is 5.92. The van der Waals surface area contributed by atoms with E-state index in [0.29, 0.717) is 30.4 Å². The van der Waals surface area contributed by atoms with Crippen molar-refractivity contribution in [3.05, 3.63) is 11.1 Å². The third-order valence-electron chi connectivity index (χ3n) is 6.03. The summed E-state index contributed by atoms with van der Waals surface area (Å²) >= 11 is 0. The summed E-state index contributed by atoms with van der Waals surface area (Å²) in [5, 5.41) is 31.6. The van der Waals surface area contributed by atoms with Crippen LogP contribution in [0.2, 0.25) is 0 Å². The molecular weight excluding hydrogens is 260 g/mol. The van der Waals surface area contributed by atoms with Crippen LogP contribution in [-0.2, 0) is 9.53 Å². The normalized spacial score (nSPS) is 51.6. The lowest BCUT2D eigenvalue weighted by atomic mass is 9.51. The fourth-order valence-corrected chi connectivity index (χ4v) is 4.42. The maximum atomic E-state index is 11.7. The van der Waals surface area contributed by atoms with Gasteiger partial charge in [0.1, 0.15) is 0 Å². The molecule has 0 aromatic carbocycles. The molecule has 6 atom stereocenters. The number of ether oxygens (including phenoxy) is 1. The van der Waals surface area contributed by atoms with Gasteiger partial charge in [-0.05, 0) is 31.6 Å². The van der Waals surface area contributed by atoms with Crippen LogP contribution in [0.4, 0.5) is 0 Å². The molecule has 2 saturated carbocycles. The fraction of sp³-hybridized carbons (Fsp3) is 0.800. The molecule has 0 unspecified atom stereocenters. The molecule has 0 radical (unpaired) electrons. The molecule has 2 aliphatic carbocycles. The van der Waals surface area contributed by atoms with Crippen LogP contribution in [-0.4, -0.2) is 39.3 Å². The van der Waals surface area contributed by atoms with Crippen LogP contribution in [0.3, 0.4) is 0 Å². The van der Waals surface area contributed by atoms with E-state index in [2.05, 4.69) is 0 Å². The molecule has 3 rings (SSSR count). The summed E-state index contributed by atoms with van der Waals surface area (Å²) in [5.74, 6) is -2.30. The highest BCUT2D eigenvalue weighted by Crippen LogP contribution is 2.59. The predicted octanol–water partition coefficient (Wildman–Crippen LogP) is 0.726. The van der Waals surface area contributed by atoms with Crippen molar-refractivity contribution < 1.29 is 24.9 Å². The van der Waals surface area contributed by atoms with Crippen LogP contribution in [0.25, 0.3) is 0 Å². The zero-order valence-electron chi connectivity index (χ0n) is 12.1. The standard InChI is InChI=1S/C15H22O5/c1-7-11-12(17)14(3)8(2)10(16)5-4-9(14)6-15(11,19)20-13(7)18/h8-10,12,16-17,19H,4-6H2,1-3H3/t8-,9+,10-,12+,14+,15-/m1/s1. The molecule has 2 fully saturated rings. The van der Waals surface area contributed by atoms with Crippen molar-refractivity contribution in [2.75, 3.05) is 0 Å². The molecule has 112 valence electrons. The molecule has 0 aromatic rings. The Morgan fingerprint density at radius 2 is 1.95 bits per heavy atom. The van der Waals surface area contributed by atoms with Gasteiger partial charge in [0, 0.05) is 23.0 Å². The van der Waals surface area contributed by atoms with Crippen LogP contribution in [0.1, 0.15) is 40.0 Å². The zero-order chi connectivity index (χ0) is 14.9. The van der Waals surface area contributed by atoms with Crippen molar-refractivity contribution in [1.82, 2.24) is 0 Å². The van der Waals surface area contributed by atoms with Crippen LogP contribution < -0.4 is 0 Å². The lowest BCUT2D eigenvalue weighted by Gasteiger charge is -2.56. The second-order valence-corrected chi connectivity index (χ2v) is 6.82. The first-order valence-electron chi connectivity index (χ1n) is 7.25. The topological polar surface area (TPSA) is 87.0 Å². The maximum absolute atomic E-state index is 11.7. The van der Waals surface area contributed by atoms with Gasteiger partial charge in [-0.25, -0.2) is 4.79 Å². The molecule has 0 saturated heterocycles. The van der Waals surface area contributed by atoms with Crippen molar-refractivity contribution in [1.29, 1.82) is 0 Å². The Morgan fingerprint density at radius 1 is 1.30 bits per heavy atom. The SMILES string of the molecule is CC1=C2[C@H](O)[C@]3(C)[C@@H](CC[C@@H](O)[C@H]3C)C[C@@]2(O)OC1=O. The molecule has 20 heavy (non-hydrogen) atoms.